The molecule has 2 aromatic rings. The summed E-state index contributed by atoms with van der Waals surface area (Å²) in [7, 11) is 2.07. The number of likely N-dealkylation sites (N-methyl/N-ethyl adjacent to an activating group) is 1. The van der Waals surface area contributed by atoms with Crippen molar-refractivity contribution in [3.8, 4) is 6.07 Å². The van der Waals surface area contributed by atoms with E-state index in [1.165, 1.54) is 5.56 Å². The molecule has 0 N–H and O–H groups in total. The van der Waals surface area contributed by atoms with Crippen LogP contribution >= 0.6 is 11.6 Å². The molecule has 0 radical (unpaired) electrons. The summed E-state index contributed by atoms with van der Waals surface area (Å²) in [4.78, 5) is 6.23. The lowest BCUT2D eigenvalue weighted by Gasteiger charge is -2.17. The minimum atomic E-state index is 0.596. The van der Waals surface area contributed by atoms with Gasteiger partial charge in [0.05, 0.1) is 11.6 Å². The molecule has 0 fully saturated rings. The summed E-state index contributed by atoms with van der Waals surface area (Å²) >= 11 is 6.18. The molecule has 20 heavy (non-hydrogen) atoms. The summed E-state index contributed by atoms with van der Waals surface area (Å²) in [5, 5.41) is 9.47. The Bertz CT molecular complexity index is 605. The van der Waals surface area contributed by atoms with E-state index in [0.717, 1.165) is 25.1 Å². The highest BCUT2D eigenvalue weighted by molar-refractivity contribution is 6.31. The number of pyridine rings is 1. The average Bonchev–Trinajstić information content (AvgIpc) is 2.48. The van der Waals surface area contributed by atoms with Gasteiger partial charge in [-0.05, 0) is 48.9 Å². The van der Waals surface area contributed by atoms with E-state index >= 15 is 0 Å². The first-order chi connectivity index (χ1) is 9.69. The molecule has 4 heteroatoms. The van der Waals surface area contributed by atoms with Crippen LogP contribution in [0.25, 0.3) is 0 Å². The van der Waals surface area contributed by atoms with Crippen molar-refractivity contribution in [1.82, 2.24) is 9.88 Å². The topological polar surface area (TPSA) is 39.9 Å². The summed E-state index contributed by atoms with van der Waals surface area (Å²) < 4.78 is 0. The Labute approximate surface area is 124 Å². The lowest BCUT2D eigenvalue weighted by atomic mass is 10.1. The molecule has 0 aliphatic heterocycles. The first kappa shape index (κ1) is 14.5. The zero-order valence-electron chi connectivity index (χ0n) is 11.4. The fourth-order valence-corrected chi connectivity index (χ4v) is 2.22. The Morgan fingerprint density at radius 3 is 2.65 bits per heavy atom. The van der Waals surface area contributed by atoms with Gasteiger partial charge in [-0.2, -0.15) is 5.26 Å². The quantitative estimate of drug-likeness (QED) is 0.846. The smallest absolute Gasteiger partial charge is 0.0992 e. The molecular formula is C16H16ClN3. The normalized spacial score (nSPS) is 10.5. The third-order valence-electron chi connectivity index (χ3n) is 3.15. The van der Waals surface area contributed by atoms with Crippen molar-refractivity contribution in [1.29, 1.82) is 5.26 Å². The van der Waals surface area contributed by atoms with Crippen LogP contribution in [0.15, 0.2) is 42.7 Å². The molecular weight excluding hydrogens is 270 g/mol. The van der Waals surface area contributed by atoms with E-state index in [0.29, 0.717) is 10.6 Å². The van der Waals surface area contributed by atoms with Crippen LogP contribution in [0.5, 0.6) is 0 Å². The predicted octanol–water partition coefficient (Wildman–Crippen LogP) is 3.28. The van der Waals surface area contributed by atoms with Gasteiger partial charge in [0.15, 0.2) is 0 Å². The number of rotatable bonds is 5. The van der Waals surface area contributed by atoms with E-state index in [1.54, 1.807) is 12.1 Å². The fourth-order valence-electron chi connectivity index (χ4n) is 1.98. The number of aromatic nitrogens is 1. The van der Waals surface area contributed by atoms with Crippen molar-refractivity contribution in [2.75, 3.05) is 13.6 Å². The monoisotopic (exact) mass is 285 g/mol. The first-order valence-electron chi connectivity index (χ1n) is 6.45. The molecule has 0 bridgehead atoms. The zero-order chi connectivity index (χ0) is 14.4. The van der Waals surface area contributed by atoms with E-state index < -0.39 is 0 Å². The third kappa shape index (κ3) is 4.06. The zero-order valence-corrected chi connectivity index (χ0v) is 12.1. The van der Waals surface area contributed by atoms with Gasteiger partial charge in [0.2, 0.25) is 0 Å². The second-order valence-corrected chi connectivity index (χ2v) is 5.17. The molecule has 2 rings (SSSR count). The largest absolute Gasteiger partial charge is 0.302 e. The second-order valence-electron chi connectivity index (χ2n) is 4.76. The molecule has 0 aliphatic rings. The van der Waals surface area contributed by atoms with Gasteiger partial charge in [0, 0.05) is 30.5 Å². The van der Waals surface area contributed by atoms with Crippen molar-refractivity contribution in [3.63, 3.8) is 0 Å². The number of nitriles is 1. The number of nitrogens with zero attached hydrogens (tertiary/aromatic N) is 3. The Kier molecular flexibility index (Phi) is 5.11. The van der Waals surface area contributed by atoms with Crippen molar-refractivity contribution >= 4 is 11.6 Å². The molecule has 0 atom stereocenters. The number of hydrogen-bond donors (Lipinski definition) is 0. The van der Waals surface area contributed by atoms with E-state index in [9.17, 15) is 0 Å². The summed E-state index contributed by atoms with van der Waals surface area (Å²) in [5.41, 5.74) is 2.92. The lowest BCUT2D eigenvalue weighted by molar-refractivity contribution is 0.331. The highest BCUT2D eigenvalue weighted by Crippen LogP contribution is 2.19. The van der Waals surface area contributed by atoms with Crippen LogP contribution in [0.4, 0.5) is 0 Å². The van der Waals surface area contributed by atoms with E-state index in [1.807, 2.05) is 30.6 Å². The standard InChI is InChI=1S/C16H16ClN3/c1-20(9-6-13-4-7-19-8-5-13)12-15-3-2-14(11-18)10-16(15)17/h2-5,7-8,10H,6,9,12H2,1H3. The van der Waals surface area contributed by atoms with Gasteiger partial charge in [-0.25, -0.2) is 0 Å². The van der Waals surface area contributed by atoms with Crippen molar-refractivity contribution in [3.05, 3.63) is 64.4 Å². The van der Waals surface area contributed by atoms with Gasteiger partial charge in [-0.3, -0.25) is 4.98 Å². The molecule has 1 aromatic carbocycles. The maximum absolute atomic E-state index is 8.82. The van der Waals surface area contributed by atoms with Crippen LogP contribution in [0, 0.1) is 11.3 Å². The van der Waals surface area contributed by atoms with Crippen LogP contribution in [0.1, 0.15) is 16.7 Å². The van der Waals surface area contributed by atoms with Crippen LogP contribution in [0.2, 0.25) is 5.02 Å². The Balaban J connectivity index is 1.91. The third-order valence-corrected chi connectivity index (χ3v) is 3.51. The van der Waals surface area contributed by atoms with Crippen molar-refractivity contribution in [2.24, 2.45) is 0 Å². The Morgan fingerprint density at radius 2 is 2.00 bits per heavy atom. The summed E-state index contributed by atoms with van der Waals surface area (Å²) in [5.74, 6) is 0. The van der Waals surface area contributed by atoms with Gasteiger partial charge in [-0.1, -0.05) is 17.7 Å². The second kappa shape index (κ2) is 7.04. The lowest BCUT2D eigenvalue weighted by Crippen LogP contribution is -2.21. The molecule has 0 saturated carbocycles. The van der Waals surface area contributed by atoms with Gasteiger partial charge in [-0.15, -0.1) is 0 Å². The molecule has 102 valence electrons. The molecule has 0 unspecified atom stereocenters. The Morgan fingerprint density at radius 1 is 1.25 bits per heavy atom. The van der Waals surface area contributed by atoms with Crippen molar-refractivity contribution in [2.45, 2.75) is 13.0 Å². The molecule has 0 spiro atoms. The fraction of sp³-hybridized carbons (Fsp3) is 0.250. The van der Waals surface area contributed by atoms with Crippen LogP contribution in [0.3, 0.4) is 0 Å². The molecule has 0 aliphatic carbocycles. The molecule has 3 nitrogen and oxygen atoms in total. The highest BCUT2D eigenvalue weighted by atomic mass is 35.5. The molecule has 1 heterocycles. The van der Waals surface area contributed by atoms with Gasteiger partial charge in [0.25, 0.3) is 0 Å². The van der Waals surface area contributed by atoms with E-state index in [2.05, 4.69) is 23.0 Å². The van der Waals surface area contributed by atoms with Crippen LogP contribution in [-0.4, -0.2) is 23.5 Å². The average molecular weight is 286 g/mol. The molecule has 0 saturated heterocycles. The van der Waals surface area contributed by atoms with E-state index in [-0.39, 0.29) is 0 Å². The summed E-state index contributed by atoms with van der Waals surface area (Å²) in [6.45, 7) is 1.72. The van der Waals surface area contributed by atoms with Gasteiger partial charge in [0.1, 0.15) is 0 Å². The Hall–Kier alpha value is -1.89. The molecule has 0 amide bonds. The highest BCUT2D eigenvalue weighted by Gasteiger charge is 2.06. The summed E-state index contributed by atoms with van der Waals surface area (Å²) in [6, 6.07) is 11.6. The van der Waals surface area contributed by atoms with Gasteiger partial charge < -0.3 is 4.90 Å². The van der Waals surface area contributed by atoms with E-state index in [4.69, 9.17) is 16.9 Å². The van der Waals surface area contributed by atoms with Crippen LogP contribution in [-0.2, 0) is 13.0 Å². The maximum atomic E-state index is 8.82. The predicted molar refractivity (Wildman–Crippen MR) is 80.4 cm³/mol. The number of halogens is 1. The number of benzene rings is 1. The number of hydrogen-bond acceptors (Lipinski definition) is 3. The SMILES string of the molecule is CN(CCc1ccncc1)Cc1ccc(C#N)cc1Cl. The minimum Gasteiger partial charge on any atom is -0.302 e. The molecule has 1 aromatic heterocycles. The summed E-state index contributed by atoms with van der Waals surface area (Å²) in [6.07, 6.45) is 4.60. The van der Waals surface area contributed by atoms with Crippen LogP contribution < -0.4 is 0 Å². The van der Waals surface area contributed by atoms with Gasteiger partial charge >= 0.3 is 0 Å². The van der Waals surface area contributed by atoms with Crippen molar-refractivity contribution < 1.29 is 0 Å². The maximum Gasteiger partial charge on any atom is 0.0992 e. The first-order valence-corrected chi connectivity index (χ1v) is 6.83. The minimum absolute atomic E-state index is 0.596.